The molecule has 2 aliphatic heterocycles. The fourth-order valence-corrected chi connectivity index (χ4v) is 3.70. The van der Waals surface area contributed by atoms with Crippen LogP contribution < -0.4 is 10.1 Å². The molecule has 2 saturated heterocycles. The van der Waals surface area contributed by atoms with Gasteiger partial charge in [0.1, 0.15) is 0 Å². The molecule has 2 aliphatic rings. The van der Waals surface area contributed by atoms with Crippen molar-refractivity contribution >= 4 is 12.4 Å². The number of rotatable bonds is 3. The first-order chi connectivity index (χ1) is 9.62. The van der Waals surface area contributed by atoms with Crippen molar-refractivity contribution in [1.29, 1.82) is 0 Å². The van der Waals surface area contributed by atoms with Crippen molar-refractivity contribution < 1.29 is 4.74 Å². The zero-order valence-corrected chi connectivity index (χ0v) is 14.1. The van der Waals surface area contributed by atoms with Crippen molar-refractivity contribution in [3.05, 3.63) is 22.9 Å². The Bertz CT molecular complexity index is 477. The zero-order chi connectivity index (χ0) is 14.2. The predicted molar refractivity (Wildman–Crippen MR) is 87.3 cm³/mol. The highest BCUT2D eigenvalue weighted by molar-refractivity contribution is 5.85. The molecule has 4 nitrogen and oxygen atoms in total. The number of hydrogen-bond acceptors (Lipinski definition) is 4. The predicted octanol–water partition coefficient (Wildman–Crippen LogP) is 2.31. The number of hydrogen-bond donors (Lipinski definition) is 1. The molecule has 0 amide bonds. The molecule has 0 aromatic carbocycles. The first kappa shape index (κ1) is 16.5. The molecule has 1 aromatic rings. The van der Waals surface area contributed by atoms with Gasteiger partial charge in [0.2, 0.25) is 5.88 Å². The first-order valence-electron chi connectivity index (χ1n) is 7.56. The molecule has 3 heterocycles. The first-order valence-corrected chi connectivity index (χ1v) is 7.56. The summed E-state index contributed by atoms with van der Waals surface area (Å²) in [6, 6.07) is 2.05. The van der Waals surface area contributed by atoms with Crippen LogP contribution in [0.3, 0.4) is 0 Å². The van der Waals surface area contributed by atoms with Crippen molar-refractivity contribution in [2.24, 2.45) is 5.41 Å². The molecule has 1 spiro atoms. The van der Waals surface area contributed by atoms with E-state index in [0.29, 0.717) is 5.41 Å². The van der Waals surface area contributed by atoms with Gasteiger partial charge in [-0.1, -0.05) is 0 Å². The van der Waals surface area contributed by atoms with Crippen LogP contribution in [0.5, 0.6) is 5.88 Å². The van der Waals surface area contributed by atoms with E-state index >= 15 is 0 Å². The standard InChI is InChI=1S/C16H25N3O.ClH/c1-12-8-15(20-3)18-13(2)14(12)9-19-7-5-16(11-19)4-6-17-10-16;/h8,17H,4-7,9-11H2,1-3H3;1H. The van der Waals surface area contributed by atoms with Gasteiger partial charge in [-0.25, -0.2) is 4.98 Å². The number of nitrogens with one attached hydrogen (secondary N) is 1. The van der Waals surface area contributed by atoms with Crippen molar-refractivity contribution in [2.45, 2.75) is 33.2 Å². The second-order valence-corrected chi connectivity index (χ2v) is 6.43. The van der Waals surface area contributed by atoms with Gasteiger partial charge in [0.05, 0.1) is 7.11 Å². The Hall–Kier alpha value is -0.840. The topological polar surface area (TPSA) is 37.4 Å². The van der Waals surface area contributed by atoms with Gasteiger partial charge in [-0.2, -0.15) is 0 Å². The normalized spacial score (nSPS) is 25.3. The van der Waals surface area contributed by atoms with E-state index in [4.69, 9.17) is 4.74 Å². The lowest BCUT2D eigenvalue weighted by Gasteiger charge is -2.23. The average Bonchev–Trinajstić information content (AvgIpc) is 3.04. The Morgan fingerprint density at radius 1 is 1.38 bits per heavy atom. The summed E-state index contributed by atoms with van der Waals surface area (Å²) in [5, 5.41) is 3.52. The van der Waals surface area contributed by atoms with E-state index in [1.54, 1.807) is 7.11 Å². The lowest BCUT2D eigenvalue weighted by molar-refractivity contribution is 0.267. The number of halogens is 1. The van der Waals surface area contributed by atoms with Gasteiger partial charge in [0, 0.05) is 31.4 Å². The minimum absolute atomic E-state index is 0. The number of likely N-dealkylation sites (tertiary alicyclic amines) is 1. The highest BCUT2D eigenvalue weighted by Crippen LogP contribution is 2.37. The summed E-state index contributed by atoms with van der Waals surface area (Å²) >= 11 is 0. The van der Waals surface area contributed by atoms with Gasteiger partial charge in [-0.05, 0) is 56.3 Å². The summed E-state index contributed by atoms with van der Waals surface area (Å²) in [4.78, 5) is 7.12. The molecule has 0 saturated carbocycles. The van der Waals surface area contributed by atoms with Crippen LogP contribution in [0.2, 0.25) is 0 Å². The lowest BCUT2D eigenvalue weighted by Crippen LogP contribution is -2.29. The number of pyridine rings is 1. The van der Waals surface area contributed by atoms with Gasteiger partial charge < -0.3 is 10.1 Å². The molecule has 21 heavy (non-hydrogen) atoms. The molecular formula is C16H26ClN3O. The highest BCUT2D eigenvalue weighted by atomic mass is 35.5. The van der Waals surface area contributed by atoms with Crippen LogP contribution in [-0.4, -0.2) is 43.2 Å². The average molecular weight is 312 g/mol. The van der Waals surface area contributed by atoms with E-state index in [2.05, 4.69) is 29.0 Å². The van der Waals surface area contributed by atoms with Crippen LogP contribution in [0.15, 0.2) is 6.07 Å². The van der Waals surface area contributed by atoms with Crippen molar-refractivity contribution in [1.82, 2.24) is 15.2 Å². The number of aromatic nitrogens is 1. The number of aryl methyl sites for hydroxylation is 2. The third-order valence-electron chi connectivity index (χ3n) is 4.97. The van der Waals surface area contributed by atoms with Crippen LogP contribution in [0.25, 0.3) is 0 Å². The Morgan fingerprint density at radius 3 is 2.81 bits per heavy atom. The maximum atomic E-state index is 5.24. The fraction of sp³-hybridized carbons (Fsp3) is 0.688. The van der Waals surface area contributed by atoms with Gasteiger partial charge in [-0.15, -0.1) is 12.4 Å². The maximum Gasteiger partial charge on any atom is 0.213 e. The Morgan fingerprint density at radius 2 is 2.19 bits per heavy atom. The molecule has 0 aliphatic carbocycles. The van der Waals surface area contributed by atoms with Crippen LogP contribution in [0, 0.1) is 19.3 Å². The third kappa shape index (κ3) is 3.33. The number of nitrogens with zero attached hydrogens (tertiary/aromatic N) is 2. The minimum atomic E-state index is 0. The largest absolute Gasteiger partial charge is 0.481 e. The molecule has 0 radical (unpaired) electrons. The fourth-order valence-electron chi connectivity index (χ4n) is 3.70. The molecule has 1 N–H and O–H groups in total. The maximum absolute atomic E-state index is 5.24. The Kier molecular flexibility index (Phi) is 5.12. The van der Waals surface area contributed by atoms with E-state index in [0.717, 1.165) is 18.1 Å². The molecule has 118 valence electrons. The quantitative estimate of drug-likeness (QED) is 0.929. The van der Waals surface area contributed by atoms with Gasteiger partial charge in [0.25, 0.3) is 0 Å². The lowest BCUT2D eigenvalue weighted by atomic mass is 9.86. The van der Waals surface area contributed by atoms with E-state index < -0.39 is 0 Å². The summed E-state index contributed by atoms with van der Waals surface area (Å²) in [7, 11) is 1.68. The van der Waals surface area contributed by atoms with Gasteiger partial charge >= 0.3 is 0 Å². The van der Waals surface area contributed by atoms with E-state index in [-0.39, 0.29) is 12.4 Å². The highest BCUT2D eigenvalue weighted by Gasteiger charge is 2.40. The number of ether oxygens (including phenoxy) is 1. The summed E-state index contributed by atoms with van der Waals surface area (Å²) in [6.45, 7) is 10.1. The second kappa shape index (κ2) is 6.51. The van der Waals surface area contributed by atoms with E-state index in [1.807, 2.05) is 6.07 Å². The molecule has 0 bridgehead atoms. The monoisotopic (exact) mass is 311 g/mol. The molecule has 1 aromatic heterocycles. The Balaban J connectivity index is 0.00000161. The van der Waals surface area contributed by atoms with Crippen LogP contribution in [0.4, 0.5) is 0 Å². The van der Waals surface area contributed by atoms with E-state index in [9.17, 15) is 0 Å². The second-order valence-electron chi connectivity index (χ2n) is 6.43. The van der Waals surface area contributed by atoms with Crippen LogP contribution in [0.1, 0.15) is 29.7 Å². The zero-order valence-electron chi connectivity index (χ0n) is 13.2. The molecular weight excluding hydrogens is 286 g/mol. The van der Waals surface area contributed by atoms with Crippen LogP contribution >= 0.6 is 12.4 Å². The summed E-state index contributed by atoms with van der Waals surface area (Å²) in [6.07, 6.45) is 2.67. The SMILES string of the molecule is COc1cc(C)c(CN2CCC3(CCNC3)C2)c(C)n1.Cl. The minimum Gasteiger partial charge on any atom is -0.481 e. The molecule has 1 unspecified atom stereocenters. The van der Waals surface area contributed by atoms with Crippen LogP contribution in [-0.2, 0) is 6.54 Å². The summed E-state index contributed by atoms with van der Waals surface area (Å²) in [5.41, 5.74) is 4.31. The molecule has 1 atom stereocenters. The van der Waals surface area contributed by atoms with E-state index in [1.165, 1.54) is 50.1 Å². The smallest absolute Gasteiger partial charge is 0.213 e. The van der Waals surface area contributed by atoms with Crippen molar-refractivity contribution in [3.63, 3.8) is 0 Å². The molecule has 5 heteroatoms. The third-order valence-corrected chi connectivity index (χ3v) is 4.97. The van der Waals surface area contributed by atoms with Gasteiger partial charge in [-0.3, -0.25) is 4.90 Å². The summed E-state index contributed by atoms with van der Waals surface area (Å²) < 4.78 is 5.24. The molecule has 2 fully saturated rings. The molecule has 3 rings (SSSR count). The van der Waals surface area contributed by atoms with Crippen molar-refractivity contribution in [2.75, 3.05) is 33.3 Å². The van der Waals surface area contributed by atoms with Crippen molar-refractivity contribution in [3.8, 4) is 5.88 Å². The van der Waals surface area contributed by atoms with Gasteiger partial charge in [0.15, 0.2) is 0 Å². The number of methoxy groups -OCH3 is 1. The summed E-state index contributed by atoms with van der Waals surface area (Å²) in [5.74, 6) is 0.724. The Labute approximate surface area is 133 Å².